The Morgan fingerprint density at radius 1 is 1.09 bits per heavy atom. The topological polar surface area (TPSA) is 68.7 Å². The molecular formula is C16H18N2O4S. The van der Waals surface area contributed by atoms with Crippen LogP contribution in [0.25, 0.3) is 10.8 Å². The fourth-order valence-corrected chi connectivity index (χ4v) is 4.97. The van der Waals surface area contributed by atoms with E-state index in [1.54, 1.807) is 30.6 Å². The molecule has 2 aromatic rings. The molecule has 0 saturated carbocycles. The second-order valence-electron chi connectivity index (χ2n) is 5.86. The van der Waals surface area contributed by atoms with E-state index in [0.29, 0.717) is 49.4 Å². The number of aromatic nitrogens is 1. The molecule has 1 spiro atoms. The molecule has 0 N–H and O–H groups in total. The van der Waals surface area contributed by atoms with E-state index in [4.69, 9.17) is 9.47 Å². The van der Waals surface area contributed by atoms with Crippen molar-refractivity contribution in [2.45, 2.75) is 23.5 Å². The highest BCUT2D eigenvalue weighted by molar-refractivity contribution is 7.89. The molecule has 2 fully saturated rings. The number of fused-ring (bicyclic) bond motifs is 1. The summed E-state index contributed by atoms with van der Waals surface area (Å²) >= 11 is 0. The van der Waals surface area contributed by atoms with Gasteiger partial charge in [0, 0.05) is 49.1 Å². The van der Waals surface area contributed by atoms with Crippen LogP contribution in [0.5, 0.6) is 0 Å². The normalized spacial score (nSPS) is 21.9. The Labute approximate surface area is 135 Å². The number of ether oxygens (including phenoxy) is 2. The summed E-state index contributed by atoms with van der Waals surface area (Å²) in [5.41, 5.74) is 0. The molecule has 0 unspecified atom stereocenters. The third-order valence-corrected chi connectivity index (χ3v) is 6.51. The Balaban J connectivity index is 1.65. The maximum atomic E-state index is 13.0. The summed E-state index contributed by atoms with van der Waals surface area (Å²) in [6.45, 7) is 1.99. The van der Waals surface area contributed by atoms with E-state index in [2.05, 4.69) is 4.98 Å². The Morgan fingerprint density at radius 2 is 1.83 bits per heavy atom. The lowest BCUT2D eigenvalue weighted by Crippen LogP contribution is -2.47. The van der Waals surface area contributed by atoms with E-state index in [-0.39, 0.29) is 0 Å². The zero-order valence-corrected chi connectivity index (χ0v) is 13.5. The fraction of sp³-hybridized carbons (Fsp3) is 0.438. The Bertz CT molecular complexity index is 816. The molecule has 0 radical (unpaired) electrons. The lowest BCUT2D eigenvalue weighted by molar-refractivity contribution is -0.179. The average molecular weight is 334 g/mol. The van der Waals surface area contributed by atoms with Gasteiger partial charge in [0.15, 0.2) is 5.79 Å². The number of sulfonamides is 1. The minimum Gasteiger partial charge on any atom is -0.347 e. The molecule has 0 amide bonds. The van der Waals surface area contributed by atoms with Crippen molar-refractivity contribution < 1.29 is 17.9 Å². The molecule has 0 atom stereocenters. The van der Waals surface area contributed by atoms with Crippen LogP contribution in [-0.4, -0.2) is 49.8 Å². The first kappa shape index (κ1) is 15.0. The predicted molar refractivity (Wildman–Crippen MR) is 84.4 cm³/mol. The summed E-state index contributed by atoms with van der Waals surface area (Å²) in [6.07, 6.45) is 4.43. The number of rotatable bonds is 2. The van der Waals surface area contributed by atoms with Gasteiger partial charge in [-0.2, -0.15) is 4.31 Å². The summed E-state index contributed by atoms with van der Waals surface area (Å²) in [6, 6.07) is 7.03. The first-order chi connectivity index (χ1) is 11.1. The van der Waals surface area contributed by atoms with Crippen LogP contribution >= 0.6 is 0 Å². The molecule has 6 nitrogen and oxygen atoms in total. The fourth-order valence-electron chi connectivity index (χ4n) is 3.31. The minimum atomic E-state index is -3.54. The van der Waals surface area contributed by atoms with E-state index in [0.717, 1.165) is 5.39 Å². The average Bonchev–Trinajstić information content (AvgIpc) is 3.03. The Kier molecular flexibility index (Phi) is 3.60. The molecule has 1 aromatic heterocycles. The van der Waals surface area contributed by atoms with Crippen LogP contribution in [0.3, 0.4) is 0 Å². The smallest absolute Gasteiger partial charge is 0.243 e. The van der Waals surface area contributed by atoms with E-state index >= 15 is 0 Å². The molecule has 4 rings (SSSR count). The van der Waals surface area contributed by atoms with E-state index in [9.17, 15) is 8.42 Å². The van der Waals surface area contributed by atoms with Gasteiger partial charge in [-0.05, 0) is 12.1 Å². The molecule has 2 aliphatic rings. The molecule has 1 aromatic carbocycles. The van der Waals surface area contributed by atoms with Crippen LogP contribution in [0.2, 0.25) is 0 Å². The van der Waals surface area contributed by atoms with Crippen LogP contribution in [0.1, 0.15) is 12.8 Å². The van der Waals surface area contributed by atoms with E-state index in [1.165, 1.54) is 4.31 Å². The van der Waals surface area contributed by atoms with Gasteiger partial charge < -0.3 is 9.47 Å². The summed E-state index contributed by atoms with van der Waals surface area (Å²) in [4.78, 5) is 4.39. The van der Waals surface area contributed by atoms with Crippen molar-refractivity contribution in [2.75, 3.05) is 26.3 Å². The molecule has 122 valence electrons. The second kappa shape index (κ2) is 5.52. The van der Waals surface area contributed by atoms with Gasteiger partial charge in [0.1, 0.15) is 0 Å². The molecule has 2 saturated heterocycles. The lowest BCUT2D eigenvalue weighted by atomic mass is 10.1. The summed E-state index contributed by atoms with van der Waals surface area (Å²) in [7, 11) is -3.54. The molecule has 0 aliphatic carbocycles. The first-order valence-corrected chi connectivity index (χ1v) is 9.16. The zero-order chi connectivity index (χ0) is 15.9. The van der Waals surface area contributed by atoms with Gasteiger partial charge in [0.2, 0.25) is 10.0 Å². The van der Waals surface area contributed by atoms with Crippen LogP contribution in [0, 0.1) is 0 Å². The molecule has 7 heteroatoms. The largest absolute Gasteiger partial charge is 0.347 e. The highest BCUT2D eigenvalue weighted by Crippen LogP contribution is 2.34. The molecular weight excluding hydrogens is 316 g/mol. The second-order valence-corrected chi connectivity index (χ2v) is 7.77. The quantitative estimate of drug-likeness (QED) is 0.837. The SMILES string of the molecule is O=S(=O)(c1cccc2cnccc12)N1CCC2(CC1)OCCO2. The zero-order valence-electron chi connectivity index (χ0n) is 12.6. The molecule has 3 heterocycles. The van der Waals surface area contributed by atoms with Gasteiger partial charge >= 0.3 is 0 Å². The summed E-state index contributed by atoms with van der Waals surface area (Å²) in [5.74, 6) is -0.575. The highest BCUT2D eigenvalue weighted by Gasteiger charge is 2.42. The third kappa shape index (κ3) is 2.53. The van der Waals surface area contributed by atoms with Crippen molar-refractivity contribution >= 4 is 20.8 Å². The van der Waals surface area contributed by atoms with Gasteiger partial charge in [0.05, 0.1) is 18.1 Å². The number of pyridine rings is 1. The van der Waals surface area contributed by atoms with Crippen molar-refractivity contribution in [3.8, 4) is 0 Å². The van der Waals surface area contributed by atoms with Crippen LogP contribution in [0.15, 0.2) is 41.6 Å². The number of benzene rings is 1. The van der Waals surface area contributed by atoms with Crippen LogP contribution in [0.4, 0.5) is 0 Å². The number of piperidine rings is 1. The van der Waals surface area contributed by atoms with Crippen LogP contribution < -0.4 is 0 Å². The van der Waals surface area contributed by atoms with Crippen molar-refractivity contribution in [3.63, 3.8) is 0 Å². The third-order valence-electron chi connectivity index (χ3n) is 4.56. The standard InChI is InChI=1S/C16H18N2O4S/c19-23(20,15-3-1-2-13-12-17-7-4-14(13)15)18-8-5-16(6-9-18)21-10-11-22-16/h1-4,7,12H,5-6,8-11H2. The van der Waals surface area contributed by atoms with Gasteiger partial charge in [-0.1, -0.05) is 12.1 Å². The van der Waals surface area contributed by atoms with Gasteiger partial charge in [-0.15, -0.1) is 0 Å². The van der Waals surface area contributed by atoms with Crippen molar-refractivity contribution in [1.29, 1.82) is 0 Å². The van der Waals surface area contributed by atoms with E-state index in [1.807, 2.05) is 6.07 Å². The number of nitrogens with zero attached hydrogens (tertiary/aromatic N) is 2. The highest BCUT2D eigenvalue weighted by atomic mass is 32.2. The first-order valence-electron chi connectivity index (χ1n) is 7.72. The minimum absolute atomic E-state index is 0.335. The number of hydrogen-bond acceptors (Lipinski definition) is 5. The summed E-state index contributed by atoms with van der Waals surface area (Å²) < 4.78 is 38.9. The molecule has 2 aliphatic heterocycles. The number of hydrogen-bond donors (Lipinski definition) is 0. The van der Waals surface area contributed by atoms with E-state index < -0.39 is 15.8 Å². The van der Waals surface area contributed by atoms with Crippen molar-refractivity contribution in [3.05, 3.63) is 36.7 Å². The molecule has 23 heavy (non-hydrogen) atoms. The van der Waals surface area contributed by atoms with Gasteiger partial charge in [0.25, 0.3) is 0 Å². The maximum Gasteiger partial charge on any atom is 0.243 e. The summed E-state index contributed by atoms with van der Waals surface area (Å²) in [5, 5.41) is 1.53. The van der Waals surface area contributed by atoms with Crippen molar-refractivity contribution in [1.82, 2.24) is 9.29 Å². The Morgan fingerprint density at radius 3 is 2.57 bits per heavy atom. The Hall–Kier alpha value is -1.54. The maximum absolute atomic E-state index is 13.0. The van der Waals surface area contributed by atoms with Crippen LogP contribution in [-0.2, 0) is 19.5 Å². The monoisotopic (exact) mass is 334 g/mol. The predicted octanol–water partition coefficient (Wildman–Crippen LogP) is 1.76. The molecule has 0 bridgehead atoms. The lowest BCUT2D eigenvalue weighted by Gasteiger charge is -2.36. The van der Waals surface area contributed by atoms with Gasteiger partial charge in [-0.25, -0.2) is 8.42 Å². The van der Waals surface area contributed by atoms with Crippen molar-refractivity contribution in [2.24, 2.45) is 0 Å². The van der Waals surface area contributed by atoms with Gasteiger partial charge in [-0.3, -0.25) is 4.98 Å².